The Bertz CT molecular complexity index is 430. The van der Waals surface area contributed by atoms with Gasteiger partial charge in [0.15, 0.2) is 0 Å². The minimum absolute atomic E-state index is 0.0218. The van der Waals surface area contributed by atoms with Crippen LogP contribution < -0.4 is 5.32 Å². The summed E-state index contributed by atoms with van der Waals surface area (Å²) in [6.45, 7) is 2.79. The number of nitrogens with one attached hydrogen (secondary N) is 1. The zero-order valence-electron chi connectivity index (χ0n) is 11.2. The Balaban J connectivity index is 1.84. The van der Waals surface area contributed by atoms with Gasteiger partial charge in [-0.1, -0.05) is 28.1 Å². The van der Waals surface area contributed by atoms with Crippen molar-refractivity contribution in [1.82, 2.24) is 5.32 Å². The molecular formula is C15H20BrNO2. The molecule has 1 aliphatic rings. The summed E-state index contributed by atoms with van der Waals surface area (Å²) in [7, 11) is 0. The fourth-order valence-electron chi connectivity index (χ4n) is 2.33. The molecule has 1 fully saturated rings. The van der Waals surface area contributed by atoms with Crippen molar-refractivity contribution < 1.29 is 9.53 Å². The van der Waals surface area contributed by atoms with Crippen molar-refractivity contribution in [2.75, 3.05) is 6.61 Å². The predicted octanol–water partition coefficient (Wildman–Crippen LogP) is 3.59. The average Bonchev–Trinajstić information content (AvgIpc) is 2.39. The van der Waals surface area contributed by atoms with E-state index < -0.39 is 0 Å². The molecule has 3 nitrogen and oxygen atoms in total. The van der Waals surface area contributed by atoms with Gasteiger partial charge in [-0.2, -0.15) is 0 Å². The van der Waals surface area contributed by atoms with E-state index >= 15 is 0 Å². The second-order valence-corrected chi connectivity index (χ2v) is 5.95. The van der Waals surface area contributed by atoms with Crippen LogP contribution in [0, 0.1) is 0 Å². The van der Waals surface area contributed by atoms with Crippen molar-refractivity contribution in [3.8, 4) is 0 Å². The van der Waals surface area contributed by atoms with Gasteiger partial charge in [-0.15, -0.1) is 0 Å². The molecule has 104 valence electrons. The Morgan fingerprint density at radius 1 is 1.53 bits per heavy atom. The molecule has 0 bridgehead atoms. The third kappa shape index (κ3) is 4.62. The van der Waals surface area contributed by atoms with Crippen LogP contribution in [0.3, 0.4) is 0 Å². The summed E-state index contributed by atoms with van der Waals surface area (Å²) in [6, 6.07) is 8.03. The Labute approximate surface area is 122 Å². The summed E-state index contributed by atoms with van der Waals surface area (Å²) >= 11 is 3.44. The first-order chi connectivity index (χ1) is 9.15. The molecule has 0 saturated carbocycles. The Morgan fingerprint density at radius 2 is 2.37 bits per heavy atom. The minimum atomic E-state index is 0.0218. The van der Waals surface area contributed by atoms with E-state index in [1.165, 1.54) is 6.42 Å². The molecule has 1 amide bonds. The lowest BCUT2D eigenvalue weighted by Gasteiger charge is -2.23. The first-order valence-electron chi connectivity index (χ1n) is 6.81. The van der Waals surface area contributed by atoms with Gasteiger partial charge >= 0.3 is 0 Å². The summed E-state index contributed by atoms with van der Waals surface area (Å²) in [4.78, 5) is 12.0. The molecule has 1 aliphatic heterocycles. The largest absolute Gasteiger partial charge is 0.378 e. The van der Waals surface area contributed by atoms with E-state index in [0.29, 0.717) is 6.42 Å². The number of benzene rings is 1. The molecule has 4 heteroatoms. The zero-order chi connectivity index (χ0) is 13.7. The maximum absolute atomic E-state index is 12.0. The van der Waals surface area contributed by atoms with Gasteiger partial charge in [-0.3, -0.25) is 4.79 Å². The molecule has 1 aromatic carbocycles. The van der Waals surface area contributed by atoms with E-state index in [-0.39, 0.29) is 18.1 Å². The Morgan fingerprint density at radius 3 is 3.05 bits per heavy atom. The second-order valence-electron chi connectivity index (χ2n) is 5.04. The van der Waals surface area contributed by atoms with Gasteiger partial charge in [-0.25, -0.2) is 0 Å². The van der Waals surface area contributed by atoms with E-state index in [9.17, 15) is 4.79 Å². The van der Waals surface area contributed by atoms with Gasteiger partial charge in [0, 0.05) is 11.1 Å². The number of halogens is 1. The molecule has 0 radical (unpaired) electrons. The molecule has 2 atom stereocenters. The van der Waals surface area contributed by atoms with Crippen molar-refractivity contribution in [3.63, 3.8) is 0 Å². The predicted molar refractivity (Wildman–Crippen MR) is 78.9 cm³/mol. The Kier molecular flexibility index (Phi) is 5.40. The standard InChI is InChI=1S/C15H20BrNO2/c1-11(12-5-4-6-13(16)9-12)17-15(18)10-14-7-2-3-8-19-14/h4-6,9,11,14H,2-3,7-8,10H2,1H3,(H,17,18). The summed E-state index contributed by atoms with van der Waals surface area (Å²) < 4.78 is 6.62. The van der Waals surface area contributed by atoms with Crippen LogP contribution in [0.2, 0.25) is 0 Å². The van der Waals surface area contributed by atoms with Crippen LogP contribution in [-0.4, -0.2) is 18.6 Å². The number of carbonyl (C=O) groups excluding carboxylic acids is 1. The molecule has 1 heterocycles. The van der Waals surface area contributed by atoms with Crippen molar-refractivity contribution >= 4 is 21.8 Å². The van der Waals surface area contributed by atoms with Crippen LogP contribution in [0.5, 0.6) is 0 Å². The highest BCUT2D eigenvalue weighted by Crippen LogP contribution is 2.19. The SMILES string of the molecule is CC(NC(=O)CC1CCCCO1)c1cccc(Br)c1. The summed E-state index contributed by atoms with van der Waals surface area (Å²) in [5.74, 6) is 0.0689. The molecule has 19 heavy (non-hydrogen) atoms. The fraction of sp³-hybridized carbons (Fsp3) is 0.533. The van der Waals surface area contributed by atoms with Crippen LogP contribution >= 0.6 is 15.9 Å². The van der Waals surface area contributed by atoms with Crippen molar-refractivity contribution in [3.05, 3.63) is 34.3 Å². The van der Waals surface area contributed by atoms with E-state index in [1.807, 2.05) is 31.2 Å². The highest BCUT2D eigenvalue weighted by molar-refractivity contribution is 9.10. The first-order valence-corrected chi connectivity index (χ1v) is 7.61. The van der Waals surface area contributed by atoms with Crippen molar-refractivity contribution in [2.45, 2.75) is 44.8 Å². The molecule has 2 rings (SSSR count). The normalized spacial score (nSPS) is 20.8. The smallest absolute Gasteiger partial charge is 0.223 e. The number of hydrogen-bond donors (Lipinski definition) is 1. The molecule has 1 N–H and O–H groups in total. The number of rotatable bonds is 4. The Hall–Kier alpha value is -0.870. The molecule has 0 aromatic heterocycles. The molecule has 0 spiro atoms. The van der Waals surface area contributed by atoms with Crippen LogP contribution in [0.1, 0.15) is 44.2 Å². The quantitative estimate of drug-likeness (QED) is 0.918. The zero-order valence-corrected chi connectivity index (χ0v) is 12.8. The van der Waals surface area contributed by atoms with Gasteiger partial charge < -0.3 is 10.1 Å². The third-order valence-electron chi connectivity index (χ3n) is 3.41. The number of hydrogen-bond acceptors (Lipinski definition) is 2. The van der Waals surface area contributed by atoms with Crippen molar-refractivity contribution in [2.24, 2.45) is 0 Å². The minimum Gasteiger partial charge on any atom is -0.378 e. The highest BCUT2D eigenvalue weighted by Gasteiger charge is 2.18. The number of carbonyl (C=O) groups is 1. The van der Waals surface area contributed by atoms with Gasteiger partial charge in [0.1, 0.15) is 0 Å². The molecular weight excluding hydrogens is 306 g/mol. The van der Waals surface area contributed by atoms with Crippen LogP contribution in [0.4, 0.5) is 0 Å². The maximum atomic E-state index is 12.0. The molecule has 2 unspecified atom stereocenters. The lowest BCUT2D eigenvalue weighted by atomic mass is 10.0. The monoisotopic (exact) mass is 325 g/mol. The average molecular weight is 326 g/mol. The fourth-order valence-corrected chi connectivity index (χ4v) is 2.75. The van der Waals surface area contributed by atoms with E-state index in [0.717, 1.165) is 29.5 Å². The second kappa shape index (κ2) is 7.06. The maximum Gasteiger partial charge on any atom is 0.223 e. The van der Waals surface area contributed by atoms with Crippen LogP contribution in [0.15, 0.2) is 28.7 Å². The first kappa shape index (κ1) is 14.5. The third-order valence-corrected chi connectivity index (χ3v) is 3.91. The van der Waals surface area contributed by atoms with Crippen LogP contribution in [-0.2, 0) is 9.53 Å². The van der Waals surface area contributed by atoms with E-state index in [4.69, 9.17) is 4.74 Å². The summed E-state index contributed by atoms with van der Waals surface area (Å²) in [5.41, 5.74) is 1.10. The van der Waals surface area contributed by atoms with Gasteiger partial charge in [-0.05, 0) is 43.9 Å². The number of amides is 1. The van der Waals surface area contributed by atoms with Gasteiger partial charge in [0.25, 0.3) is 0 Å². The molecule has 1 aromatic rings. The lowest BCUT2D eigenvalue weighted by molar-refractivity contribution is -0.125. The van der Waals surface area contributed by atoms with Gasteiger partial charge in [0.2, 0.25) is 5.91 Å². The summed E-state index contributed by atoms with van der Waals surface area (Å²) in [5, 5.41) is 3.03. The van der Waals surface area contributed by atoms with Gasteiger partial charge in [0.05, 0.1) is 18.6 Å². The molecule has 1 saturated heterocycles. The lowest BCUT2D eigenvalue weighted by Crippen LogP contribution is -2.32. The van der Waals surface area contributed by atoms with E-state index in [2.05, 4.69) is 21.2 Å². The van der Waals surface area contributed by atoms with Crippen LogP contribution in [0.25, 0.3) is 0 Å². The van der Waals surface area contributed by atoms with Crippen molar-refractivity contribution in [1.29, 1.82) is 0 Å². The topological polar surface area (TPSA) is 38.3 Å². The van der Waals surface area contributed by atoms with E-state index in [1.54, 1.807) is 0 Å². The summed E-state index contributed by atoms with van der Waals surface area (Å²) in [6.07, 6.45) is 3.85. The number of ether oxygens (including phenoxy) is 1. The highest BCUT2D eigenvalue weighted by atomic mass is 79.9. The molecule has 0 aliphatic carbocycles.